The summed E-state index contributed by atoms with van der Waals surface area (Å²) in [4.78, 5) is 57.3. The first kappa shape index (κ1) is 45.9. The molecule has 13 nitrogen and oxygen atoms in total. The molecule has 0 aromatic heterocycles. The Morgan fingerprint density at radius 2 is 1.59 bits per heavy atom. The fraction of sp³-hybridized carbons (Fsp3) is 0.767. The Hall–Kier alpha value is -2.78. The maximum absolute atomic E-state index is 14.2. The summed E-state index contributed by atoms with van der Waals surface area (Å²) in [6.45, 7) is 11.1. The molecule has 316 valence electrons. The molecule has 1 saturated carbocycles. The highest BCUT2D eigenvalue weighted by Gasteiger charge is 2.56. The number of aliphatic hydroxyl groups excluding tert-OH is 2. The van der Waals surface area contributed by atoms with Crippen LogP contribution in [0.3, 0.4) is 0 Å². The van der Waals surface area contributed by atoms with Crippen LogP contribution in [0, 0.1) is 29.6 Å². The largest absolute Gasteiger partial charge is 0.456 e. The SMILES string of the molecule is CC[C@@H]1/C=C(\C)C[C@H](C)C[C@H](OC)[C@H]2O[C@@](O)(C(=O)C(=O)N3C=CCC[C@H]3C(=O)O[C@H](/C(C)=C/[C@@H]3CC[C@@H](O)[C@H](OC)C3)[C@H](C)[C@@H](O)CC1=O)[C@H](C)C[C@@H]2OC. The van der Waals surface area contributed by atoms with Gasteiger partial charge in [0, 0.05) is 51.7 Å². The minimum absolute atomic E-state index is 0.0103. The van der Waals surface area contributed by atoms with E-state index in [1.165, 1.54) is 20.4 Å². The summed E-state index contributed by atoms with van der Waals surface area (Å²) in [5, 5.41) is 34.0. The predicted molar refractivity (Wildman–Crippen MR) is 208 cm³/mol. The molecule has 3 N–H and O–H groups in total. The number of fused-ring (bicyclic) bond motifs is 3. The number of esters is 1. The molecule has 1 amide bonds. The van der Waals surface area contributed by atoms with E-state index < -0.39 is 83.9 Å². The maximum atomic E-state index is 14.2. The van der Waals surface area contributed by atoms with E-state index in [0.29, 0.717) is 50.5 Å². The highest BCUT2D eigenvalue weighted by molar-refractivity contribution is 6.39. The summed E-state index contributed by atoms with van der Waals surface area (Å²) in [5.41, 5.74) is 1.64. The minimum atomic E-state index is -2.53. The summed E-state index contributed by atoms with van der Waals surface area (Å²) in [5.74, 6) is -7.80. The van der Waals surface area contributed by atoms with Crippen molar-refractivity contribution in [2.45, 2.75) is 160 Å². The van der Waals surface area contributed by atoms with Crippen molar-refractivity contribution in [1.29, 1.82) is 0 Å². The van der Waals surface area contributed by atoms with Crippen molar-refractivity contribution in [3.8, 4) is 0 Å². The van der Waals surface area contributed by atoms with Crippen LogP contribution < -0.4 is 0 Å². The van der Waals surface area contributed by atoms with E-state index in [1.54, 1.807) is 34.0 Å². The van der Waals surface area contributed by atoms with Gasteiger partial charge in [-0.25, -0.2) is 4.79 Å². The first-order chi connectivity index (χ1) is 26.5. The van der Waals surface area contributed by atoms with Gasteiger partial charge < -0.3 is 39.0 Å². The van der Waals surface area contributed by atoms with Crippen molar-refractivity contribution < 1.29 is 58.2 Å². The number of hydrogen-bond donors (Lipinski definition) is 3. The second-order valence-corrected chi connectivity index (χ2v) is 16.8. The molecule has 2 bridgehead atoms. The molecule has 0 unspecified atom stereocenters. The standard InChI is InChI=1S/C43H67NO12/c1-10-30-18-24(2)17-25(3)19-36(53-8)39-37(54-9)21-27(5)43(51,56-39)40(48)41(49)44-16-12-11-13-31(44)42(50)55-38(28(6)33(46)23-34(30)47)26(4)20-29-14-15-32(45)35(22-29)52-7/h12,16,18,20,25,27-33,35-39,45-46,51H,10-11,13-15,17,19,21-23H2,1-9H3/b24-18+,26-20+/t25-,27+,28+,29-,30+,31-,32+,33-,35+,36-,37-,38+,39+,43+/m0/s1. The Balaban J connectivity index is 1.77. The van der Waals surface area contributed by atoms with Gasteiger partial charge in [-0.05, 0) is 89.0 Å². The molecule has 4 rings (SSSR count). The third-order valence-corrected chi connectivity index (χ3v) is 12.6. The number of cyclic esters (lactones) is 1. The molecule has 4 aliphatic rings. The number of ketones is 2. The van der Waals surface area contributed by atoms with Gasteiger partial charge in [0.25, 0.3) is 5.78 Å². The fourth-order valence-corrected chi connectivity index (χ4v) is 9.08. The van der Waals surface area contributed by atoms with E-state index >= 15 is 0 Å². The molecule has 3 heterocycles. The average Bonchev–Trinajstić information content (AvgIpc) is 3.18. The number of carbonyl (C=O) groups is 4. The van der Waals surface area contributed by atoms with Gasteiger partial charge in [-0.1, -0.05) is 51.5 Å². The van der Waals surface area contributed by atoms with E-state index in [2.05, 4.69) is 0 Å². The third kappa shape index (κ3) is 10.6. The zero-order valence-electron chi connectivity index (χ0n) is 34.8. The maximum Gasteiger partial charge on any atom is 0.329 e. The van der Waals surface area contributed by atoms with Crippen LogP contribution >= 0.6 is 0 Å². The zero-order chi connectivity index (χ0) is 41.5. The second kappa shape index (κ2) is 20.3. The average molecular weight is 790 g/mol. The van der Waals surface area contributed by atoms with Gasteiger partial charge in [0.15, 0.2) is 0 Å². The number of methoxy groups -OCH3 is 3. The van der Waals surface area contributed by atoms with E-state index in [-0.39, 0.29) is 43.0 Å². The van der Waals surface area contributed by atoms with Crippen LogP contribution in [0.1, 0.15) is 106 Å². The van der Waals surface area contributed by atoms with Crippen LogP contribution in [0.15, 0.2) is 35.6 Å². The van der Waals surface area contributed by atoms with Crippen molar-refractivity contribution in [2.75, 3.05) is 21.3 Å². The molecule has 0 aromatic rings. The first-order valence-electron chi connectivity index (χ1n) is 20.5. The molecule has 1 saturated heterocycles. The van der Waals surface area contributed by atoms with Crippen LogP contribution in [0.5, 0.6) is 0 Å². The lowest BCUT2D eigenvalue weighted by atomic mass is 9.81. The van der Waals surface area contributed by atoms with Crippen molar-refractivity contribution in [2.24, 2.45) is 29.6 Å². The van der Waals surface area contributed by atoms with Gasteiger partial charge in [0.05, 0.1) is 30.5 Å². The van der Waals surface area contributed by atoms with Gasteiger partial charge in [-0.2, -0.15) is 0 Å². The number of nitrogens with zero attached hydrogens (tertiary/aromatic N) is 1. The molecule has 14 atom stereocenters. The van der Waals surface area contributed by atoms with Gasteiger partial charge in [0.1, 0.15) is 24.0 Å². The summed E-state index contributed by atoms with van der Waals surface area (Å²) < 4.78 is 29.6. The molecular formula is C43H67NO12. The topological polar surface area (TPSA) is 178 Å². The van der Waals surface area contributed by atoms with Gasteiger partial charge >= 0.3 is 11.9 Å². The predicted octanol–water partition coefficient (Wildman–Crippen LogP) is 4.60. The van der Waals surface area contributed by atoms with Crippen LogP contribution in [0.2, 0.25) is 0 Å². The quantitative estimate of drug-likeness (QED) is 0.194. The van der Waals surface area contributed by atoms with E-state index in [4.69, 9.17) is 23.7 Å². The lowest BCUT2D eigenvalue weighted by Crippen LogP contribution is -2.64. The lowest BCUT2D eigenvalue weighted by molar-refractivity contribution is -0.302. The van der Waals surface area contributed by atoms with Gasteiger partial charge in [-0.15, -0.1) is 0 Å². The number of allylic oxidation sites excluding steroid dienone is 4. The molecule has 2 fully saturated rings. The molecule has 0 spiro atoms. The molecule has 0 aromatic carbocycles. The zero-order valence-corrected chi connectivity index (χ0v) is 34.8. The fourth-order valence-electron chi connectivity index (χ4n) is 9.08. The monoisotopic (exact) mass is 789 g/mol. The highest BCUT2D eigenvalue weighted by atomic mass is 16.7. The minimum Gasteiger partial charge on any atom is -0.456 e. The number of ether oxygens (including phenoxy) is 5. The molecule has 56 heavy (non-hydrogen) atoms. The number of Topliss-reactive ketones (excluding diaryl/α,β-unsaturated/α-hetero) is 2. The Bertz CT molecular complexity index is 1480. The first-order valence-corrected chi connectivity index (χ1v) is 20.5. The summed E-state index contributed by atoms with van der Waals surface area (Å²) in [6.07, 6.45) is 5.75. The van der Waals surface area contributed by atoms with E-state index in [0.717, 1.165) is 10.5 Å². The van der Waals surface area contributed by atoms with Crippen LogP contribution in [-0.2, 0) is 42.9 Å². The second-order valence-electron chi connectivity index (χ2n) is 16.8. The van der Waals surface area contributed by atoms with E-state index in [9.17, 15) is 34.5 Å². The van der Waals surface area contributed by atoms with Crippen molar-refractivity contribution >= 4 is 23.4 Å². The summed E-state index contributed by atoms with van der Waals surface area (Å²) in [7, 11) is 4.60. The Labute approximate surface area is 332 Å². The smallest absolute Gasteiger partial charge is 0.329 e. The van der Waals surface area contributed by atoms with Crippen LogP contribution in [0.25, 0.3) is 0 Å². The number of hydrogen-bond acceptors (Lipinski definition) is 12. The molecular weight excluding hydrogens is 722 g/mol. The normalized spacial score (nSPS) is 41.3. The van der Waals surface area contributed by atoms with Gasteiger partial charge in [0.2, 0.25) is 5.79 Å². The van der Waals surface area contributed by atoms with Gasteiger partial charge in [-0.3, -0.25) is 19.3 Å². The number of amides is 1. The highest BCUT2D eigenvalue weighted by Crippen LogP contribution is 2.39. The lowest BCUT2D eigenvalue weighted by Gasteiger charge is -2.46. The van der Waals surface area contributed by atoms with Crippen LogP contribution in [-0.4, -0.2) is 120 Å². The van der Waals surface area contributed by atoms with Crippen molar-refractivity contribution in [1.82, 2.24) is 4.90 Å². The number of rotatable bonds is 6. The molecule has 13 heteroatoms. The van der Waals surface area contributed by atoms with Crippen LogP contribution in [0.4, 0.5) is 0 Å². The van der Waals surface area contributed by atoms with E-state index in [1.807, 2.05) is 32.9 Å². The van der Waals surface area contributed by atoms with Crippen molar-refractivity contribution in [3.05, 3.63) is 35.6 Å². The Morgan fingerprint density at radius 3 is 2.23 bits per heavy atom. The Kier molecular flexibility index (Phi) is 16.6. The Morgan fingerprint density at radius 1 is 0.929 bits per heavy atom. The number of carbonyl (C=O) groups excluding carboxylic acids is 4. The summed E-state index contributed by atoms with van der Waals surface area (Å²) in [6, 6.07) is -1.22. The van der Waals surface area contributed by atoms with Crippen molar-refractivity contribution in [3.63, 3.8) is 0 Å². The summed E-state index contributed by atoms with van der Waals surface area (Å²) >= 11 is 0. The third-order valence-electron chi connectivity index (χ3n) is 12.6. The molecule has 1 aliphatic carbocycles. The molecule has 3 aliphatic heterocycles. The number of aliphatic hydroxyl groups is 3. The molecule has 0 radical (unpaired) electrons.